The number of nitrogens with zero attached hydrogens (tertiary/aromatic N) is 2. The van der Waals surface area contributed by atoms with Gasteiger partial charge in [-0.1, -0.05) is 18.2 Å². The Morgan fingerprint density at radius 2 is 1.70 bits per heavy atom. The Morgan fingerprint density at radius 1 is 1.07 bits per heavy atom. The van der Waals surface area contributed by atoms with Crippen molar-refractivity contribution < 1.29 is 9.59 Å². The first-order valence-electron chi connectivity index (χ1n) is 9.22. The van der Waals surface area contributed by atoms with Crippen LogP contribution in [0.25, 0.3) is 0 Å². The van der Waals surface area contributed by atoms with E-state index in [-0.39, 0.29) is 17.9 Å². The maximum Gasteiger partial charge on any atom is 0.242 e. The number of hydrogen-bond donors (Lipinski definition) is 1. The molecule has 1 heterocycles. The third kappa shape index (κ3) is 3.54. The van der Waals surface area contributed by atoms with Crippen LogP contribution in [0.3, 0.4) is 0 Å². The zero-order valence-corrected chi connectivity index (χ0v) is 16.6. The van der Waals surface area contributed by atoms with Crippen molar-refractivity contribution in [3.63, 3.8) is 0 Å². The highest BCUT2D eigenvalue weighted by atomic mass is 16.2. The first-order chi connectivity index (χ1) is 12.7. The van der Waals surface area contributed by atoms with E-state index in [0.717, 1.165) is 23.4 Å². The van der Waals surface area contributed by atoms with Gasteiger partial charge in [0.25, 0.3) is 0 Å². The van der Waals surface area contributed by atoms with Crippen molar-refractivity contribution in [2.45, 2.75) is 33.2 Å². The van der Waals surface area contributed by atoms with Crippen LogP contribution < -0.4 is 15.1 Å². The fourth-order valence-electron chi connectivity index (χ4n) is 3.40. The highest BCUT2D eigenvalue weighted by Crippen LogP contribution is 2.35. The van der Waals surface area contributed by atoms with Gasteiger partial charge in [0.2, 0.25) is 11.8 Å². The average Bonchev–Trinajstić information content (AvgIpc) is 2.97. The van der Waals surface area contributed by atoms with Crippen LogP contribution in [-0.2, 0) is 16.0 Å². The molecule has 1 aliphatic rings. The van der Waals surface area contributed by atoms with Gasteiger partial charge in [-0.15, -0.1) is 0 Å². The molecule has 5 nitrogen and oxygen atoms in total. The van der Waals surface area contributed by atoms with Gasteiger partial charge in [0, 0.05) is 37.2 Å². The molecule has 1 unspecified atom stereocenters. The summed E-state index contributed by atoms with van der Waals surface area (Å²) in [4.78, 5) is 29.9. The van der Waals surface area contributed by atoms with Crippen LogP contribution >= 0.6 is 0 Å². The normalized spacial score (nSPS) is 16.0. The fourth-order valence-corrected chi connectivity index (χ4v) is 3.40. The monoisotopic (exact) mass is 365 g/mol. The number of carbonyl (C=O) groups is 2. The lowest BCUT2D eigenvalue weighted by Gasteiger charge is -2.31. The molecule has 2 aromatic carbocycles. The van der Waals surface area contributed by atoms with Gasteiger partial charge in [-0.2, -0.15) is 0 Å². The average molecular weight is 365 g/mol. The number of para-hydroxylation sites is 1. The summed E-state index contributed by atoms with van der Waals surface area (Å²) in [5.74, 6) is -0.482. The Morgan fingerprint density at radius 3 is 2.33 bits per heavy atom. The minimum absolute atomic E-state index is 0.0429. The smallest absolute Gasteiger partial charge is 0.242 e. The molecule has 0 fully saturated rings. The SMILES string of the molecule is CC1Cc2ccccc2N1C(=O)C(C)(C)C(=O)Nc1ccc(N(C)C)cc1. The molecule has 5 heteroatoms. The first kappa shape index (κ1) is 19.0. The number of nitrogens with one attached hydrogen (secondary N) is 1. The molecule has 1 aliphatic heterocycles. The molecule has 2 aromatic rings. The van der Waals surface area contributed by atoms with E-state index in [9.17, 15) is 9.59 Å². The maximum absolute atomic E-state index is 13.3. The molecule has 27 heavy (non-hydrogen) atoms. The van der Waals surface area contributed by atoms with Gasteiger partial charge in [-0.25, -0.2) is 0 Å². The van der Waals surface area contributed by atoms with E-state index in [1.807, 2.05) is 74.4 Å². The Hall–Kier alpha value is -2.82. The molecule has 0 spiro atoms. The molecule has 0 radical (unpaired) electrons. The number of fused-ring (bicyclic) bond motifs is 1. The molecular formula is C22H27N3O2. The minimum atomic E-state index is -1.17. The topological polar surface area (TPSA) is 52.7 Å². The summed E-state index contributed by atoms with van der Waals surface area (Å²) in [5.41, 5.74) is 2.61. The zero-order chi connectivity index (χ0) is 19.8. The lowest BCUT2D eigenvalue weighted by Crippen LogP contribution is -2.49. The van der Waals surface area contributed by atoms with E-state index in [1.165, 1.54) is 0 Å². The van der Waals surface area contributed by atoms with Crippen LogP contribution in [-0.4, -0.2) is 32.0 Å². The number of hydrogen-bond acceptors (Lipinski definition) is 3. The minimum Gasteiger partial charge on any atom is -0.378 e. The molecule has 2 amide bonds. The van der Waals surface area contributed by atoms with Gasteiger partial charge < -0.3 is 15.1 Å². The molecule has 0 saturated heterocycles. The largest absolute Gasteiger partial charge is 0.378 e. The van der Waals surface area contributed by atoms with Crippen molar-refractivity contribution >= 4 is 28.9 Å². The van der Waals surface area contributed by atoms with Crippen LogP contribution in [0.4, 0.5) is 17.1 Å². The van der Waals surface area contributed by atoms with Gasteiger partial charge in [0.05, 0.1) is 0 Å². The van der Waals surface area contributed by atoms with E-state index >= 15 is 0 Å². The molecule has 0 aliphatic carbocycles. The summed E-state index contributed by atoms with van der Waals surface area (Å²) in [6.45, 7) is 5.39. The quantitative estimate of drug-likeness (QED) is 0.841. The lowest BCUT2D eigenvalue weighted by atomic mass is 9.89. The Kier molecular flexibility index (Phi) is 4.96. The molecule has 0 aromatic heterocycles. The number of anilines is 3. The van der Waals surface area contributed by atoms with Gasteiger partial charge in [0.1, 0.15) is 5.41 Å². The van der Waals surface area contributed by atoms with Crippen molar-refractivity contribution in [2.75, 3.05) is 29.2 Å². The first-order valence-corrected chi connectivity index (χ1v) is 9.22. The van der Waals surface area contributed by atoms with Gasteiger partial charge >= 0.3 is 0 Å². The van der Waals surface area contributed by atoms with E-state index in [4.69, 9.17) is 0 Å². The highest BCUT2D eigenvalue weighted by Gasteiger charge is 2.43. The van der Waals surface area contributed by atoms with Gasteiger partial charge in [0.15, 0.2) is 0 Å². The summed E-state index contributed by atoms with van der Waals surface area (Å²) in [7, 11) is 3.93. The Labute approximate surface area is 161 Å². The number of rotatable bonds is 4. The highest BCUT2D eigenvalue weighted by molar-refractivity contribution is 6.15. The summed E-state index contributed by atoms with van der Waals surface area (Å²) < 4.78 is 0. The molecule has 1 atom stereocenters. The van der Waals surface area contributed by atoms with E-state index in [1.54, 1.807) is 18.7 Å². The van der Waals surface area contributed by atoms with Crippen molar-refractivity contribution in [2.24, 2.45) is 5.41 Å². The number of carbonyl (C=O) groups excluding carboxylic acids is 2. The summed E-state index contributed by atoms with van der Waals surface area (Å²) in [6.07, 6.45) is 0.811. The second-order valence-corrected chi connectivity index (χ2v) is 7.88. The Bertz CT molecular complexity index is 856. The van der Waals surface area contributed by atoms with Crippen LogP contribution in [0.15, 0.2) is 48.5 Å². The van der Waals surface area contributed by atoms with E-state index < -0.39 is 5.41 Å². The lowest BCUT2D eigenvalue weighted by molar-refractivity contribution is -0.136. The predicted octanol–water partition coefficient (Wildman–Crippen LogP) is 3.70. The van der Waals surface area contributed by atoms with Crippen molar-refractivity contribution in [1.29, 1.82) is 0 Å². The summed E-state index contributed by atoms with van der Waals surface area (Å²) in [5, 5.41) is 2.89. The van der Waals surface area contributed by atoms with Crippen LogP contribution in [0.1, 0.15) is 26.3 Å². The molecule has 3 rings (SSSR count). The molecule has 0 saturated carbocycles. The van der Waals surface area contributed by atoms with Crippen molar-refractivity contribution in [3.8, 4) is 0 Å². The number of benzene rings is 2. The van der Waals surface area contributed by atoms with Crippen LogP contribution in [0, 0.1) is 5.41 Å². The van der Waals surface area contributed by atoms with Crippen molar-refractivity contribution in [1.82, 2.24) is 0 Å². The van der Waals surface area contributed by atoms with E-state index in [2.05, 4.69) is 5.32 Å². The Balaban J connectivity index is 1.78. The standard InChI is InChI=1S/C22H27N3O2/c1-15-14-16-8-6-7-9-19(16)25(15)21(27)22(2,3)20(26)23-17-10-12-18(13-11-17)24(4)5/h6-13,15H,14H2,1-5H3,(H,23,26). The molecule has 0 bridgehead atoms. The van der Waals surface area contributed by atoms with Gasteiger partial charge in [-0.3, -0.25) is 9.59 Å². The van der Waals surface area contributed by atoms with Crippen LogP contribution in [0.2, 0.25) is 0 Å². The van der Waals surface area contributed by atoms with Crippen molar-refractivity contribution in [3.05, 3.63) is 54.1 Å². The second kappa shape index (κ2) is 7.06. The zero-order valence-electron chi connectivity index (χ0n) is 16.6. The van der Waals surface area contributed by atoms with Crippen LogP contribution in [0.5, 0.6) is 0 Å². The van der Waals surface area contributed by atoms with E-state index in [0.29, 0.717) is 5.69 Å². The van der Waals surface area contributed by atoms with Gasteiger partial charge in [-0.05, 0) is 63.1 Å². The second-order valence-electron chi connectivity index (χ2n) is 7.88. The number of amides is 2. The molecule has 1 N–H and O–H groups in total. The summed E-state index contributed by atoms with van der Waals surface area (Å²) >= 11 is 0. The predicted molar refractivity (Wildman–Crippen MR) is 110 cm³/mol. The fraction of sp³-hybridized carbons (Fsp3) is 0.364. The third-order valence-electron chi connectivity index (χ3n) is 5.17. The maximum atomic E-state index is 13.3. The summed E-state index contributed by atoms with van der Waals surface area (Å²) in [6, 6.07) is 15.5. The molecular weight excluding hydrogens is 338 g/mol. The third-order valence-corrected chi connectivity index (χ3v) is 5.17. The molecule has 142 valence electrons.